The van der Waals surface area contributed by atoms with Crippen LogP contribution in [0.15, 0.2) is 30.5 Å². The van der Waals surface area contributed by atoms with Crippen LogP contribution in [-0.2, 0) is 0 Å². The van der Waals surface area contributed by atoms with Gasteiger partial charge in [-0.25, -0.2) is 14.8 Å². The summed E-state index contributed by atoms with van der Waals surface area (Å²) in [4.78, 5) is 29.8. The fraction of sp³-hybridized carbons (Fsp3) is 0.214. The predicted molar refractivity (Wildman–Crippen MR) is 77.7 cm³/mol. The molecule has 22 heavy (non-hydrogen) atoms. The van der Waals surface area contributed by atoms with Gasteiger partial charge in [0.1, 0.15) is 11.4 Å². The van der Waals surface area contributed by atoms with Crippen LogP contribution in [0.5, 0.6) is 0 Å². The van der Waals surface area contributed by atoms with E-state index in [9.17, 15) is 14.9 Å². The Bertz CT molecular complexity index is 758. The number of carboxylic acids is 1. The molecule has 8 nitrogen and oxygen atoms in total. The Morgan fingerprint density at radius 2 is 2.18 bits per heavy atom. The Labute approximate surface area is 125 Å². The zero-order valence-electron chi connectivity index (χ0n) is 11.4. The number of nitro benzene ring substituents is 1. The number of nitrogens with one attached hydrogen (secondary N) is 1. The number of aromatic nitrogens is 2. The second-order valence-corrected chi connectivity index (χ2v) is 4.99. The van der Waals surface area contributed by atoms with Crippen molar-refractivity contribution >= 4 is 17.5 Å². The highest BCUT2D eigenvalue weighted by Gasteiger charge is 2.25. The first-order valence-electron chi connectivity index (χ1n) is 6.66. The summed E-state index contributed by atoms with van der Waals surface area (Å²) in [7, 11) is 0. The predicted octanol–water partition coefficient (Wildman–Crippen LogP) is 2.32. The number of hydrogen-bond donors (Lipinski definition) is 2. The molecule has 2 N–H and O–H groups in total. The molecule has 112 valence electrons. The highest BCUT2D eigenvalue weighted by atomic mass is 16.6. The molecule has 2 aromatic rings. The van der Waals surface area contributed by atoms with Crippen LogP contribution >= 0.6 is 0 Å². The monoisotopic (exact) mass is 300 g/mol. The van der Waals surface area contributed by atoms with Crippen molar-refractivity contribution in [2.75, 3.05) is 5.32 Å². The lowest BCUT2D eigenvalue weighted by Gasteiger charge is -2.09. The Hall–Kier alpha value is -3.03. The van der Waals surface area contributed by atoms with Gasteiger partial charge in [-0.05, 0) is 12.8 Å². The molecule has 1 heterocycles. The third kappa shape index (κ3) is 2.85. The lowest BCUT2D eigenvalue weighted by Crippen LogP contribution is -2.11. The molecule has 0 atom stereocenters. The van der Waals surface area contributed by atoms with Crippen LogP contribution in [-0.4, -0.2) is 32.0 Å². The molecule has 1 aliphatic carbocycles. The smallest absolute Gasteiger partial charge is 0.341 e. The van der Waals surface area contributed by atoms with Crippen LogP contribution < -0.4 is 5.32 Å². The summed E-state index contributed by atoms with van der Waals surface area (Å²) in [6.45, 7) is 0. The molecule has 1 fully saturated rings. The van der Waals surface area contributed by atoms with Gasteiger partial charge in [-0.15, -0.1) is 0 Å². The number of benzene rings is 1. The van der Waals surface area contributed by atoms with Crippen molar-refractivity contribution in [1.29, 1.82) is 0 Å². The summed E-state index contributed by atoms with van der Waals surface area (Å²) >= 11 is 0. The van der Waals surface area contributed by atoms with Crippen molar-refractivity contribution in [1.82, 2.24) is 9.97 Å². The Morgan fingerprint density at radius 3 is 2.82 bits per heavy atom. The molecule has 0 saturated heterocycles. The van der Waals surface area contributed by atoms with Gasteiger partial charge < -0.3 is 10.4 Å². The van der Waals surface area contributed by atoms with Crippen molar-refractivity contribution in [3.8, 4) is 11.4 Å². The molecular weight excluding hydrogens is 288 g/mol. The number of carboxylic acid groups (broad SMARTS) is 1. The van der Waals surface area contributed by atoms with Gasteiger partial charge in [-0.3, -0.25) is 10.1 Å². The molecule has 0 unspecified atom stereocenters. The number of nitro groups is 1. The average molecular weight is 300 g/mol. The minimum absolute atomic E-state index is 0.0129. The lowest BCUT2D eigenvalue weighted by atomic mass is 10.2. The third-order valence-corrected chi connectivity index (χ3v) is 3.25. The van der Waals surface area contributed by atoms with E-state index in [0.29, 0.717) is 5.56 Å². The fourth-order valence-corrected chi connectivity index (χ4v) is 1.97. The van der Waals surface area contributed by atoms with E-state index in [1.54, 1.807) is 6.07 Å². The molecule has 0 bridgehead atoms. The van der Waals surface area contributed by atoms with E-state index in [2.05, 4.69) is 15.3 Å². The molecule has 8 heteroatoms. The normalized spacial score (nSPS) is 13.6. The van der Waals surface area contributed by atoms with Crippen molar-refractivity contribution in [3.63, 3.8) is 0 Å². The van der Waals surface area contributed by atoms with Gasteiger partial charge in [-0.2, -0.15) is 0 Å². The summed E-state index contributed by atoms with van der Waals surface area (Å²) in [6.07, 6.45) is 3.15. The van der Waals surface area contributed by atoms with Gasteiger partial charge in [0.15, 0.2) is 5.82 Å². The van der Waals surface area contributed by atoms with Crippen LogP contribution in [0.1, 0.15) is 23.2 Å². The number of aromatic carboxylic acids is 1. The number of nitrogens with zero attached hydrogens (tertiary/aromatic N) is 3. The van der Waals surface area contributed by atoms with Crippen LogP contribution in [0.3, 0.4) is 0 Å². The van der Waals surface area contributed by atoms with Crippen molar-refractivity contribution < 1.29 is 14.8 Å². The van der Waals surface area contributed by atoms with Gasteiger partial charge in [0.05, 0.1) is 4.92 Å². The highest BCUT2D eigenvalue weighted by molar-refractivity contribution is 5.93. The molecule has 1 aromatic carbocycles. The first-order chi connectivity index (χ1) is 10.5. The van der Waals surface area contributed by atoms with Crippen molar-refractivity contribution in [2.24, 2.45) is 0 Å². The van der Waals surface area contributed by atoms with E-state index in [1.165, 1.54) is 24.4 Å². The summed E-state index contributed by atoms with van der Waals surface area (Å²) in [6, 6.07) is 6.14. The molecule has 0 radical (unpaired) electrons. The molecule has 0 spiro atoms. The number of non-ortho nitro benzene ring substituents is 1. The van der Waals surface area contributed by atoms with Gasteiger partial charge in [0.25, 0.3) is 5.69 Å². The van der Waals surface area contributed by atoms with Gasteiger partial charge in [-0.1, -0.05) is 12.1 Å². The van der Waals surface area contributed by atoms with Crippen molar-refractivity contribution in [2.45, 2.75) is 18.9 Å². The van der Waals surface area contributed by atoms with E-state index in [0.717, 1.165) is 12.8 Å². The van der Waals surface area contributed by atoms with E-state index in [-0.39, 0.29) is 28.9 Å². The maximum absolute atomic E-state index is 11.2. The van der Waals surface area contributed by atoms with Crippen LogP contribution in [0.2, 0.25) is 0 Å². The van der Waals surface area contributed by atoms with Gasteiger partial charge in [0, 0.05) is 29.9 Å². The van der Waals surface area contributed by atoms with E-state index >= 15 is 0 Å². The maximum Gasteiger partial charge on any atom is 0.341 e. The zero-order chi connectivity index (χ0) is 15.7. The minimum Gasteiger partial charge on any atom is -0.477 e. The number of hydrogen-bond acceptors (Lipinski definition) is 6. The topological polar surface area (TPSA) is 118 Å². The Kier molecular flexibility index (Phi) is 3.42. The van der Waals surface area contributed by atoms with Crippen LogP contribution in [0, 0.1) is 10.1 Å². The first kappa shape index (κ1) is 13.9. The molecule has 1 aliphatic rings. The molecule has 0 amide bonds. The number of anilines is 1. The van der Waals surface area contributed by atoms with Crippen LogP contribution in [0.25, 0.3) is 11.4 Å². The van der Waals surface area contributed by atoms with E-state index in [1.807, 2.05) is 0 Å². The molecule has 1 aromatic heterocycles. The SMILES string of the molecule is O=C(O)c1cnc(-c2cccc([N+](=O)[O-])c2)nc1NC1CC1. The first-order valence-corrected chi connectivity index (χ1v) is 6.66. The Balaban J connectivity index is 2.01. The quantitative estimate of drug-likeness (QED) is 0.642. The summed E-state index contributed by atoms with van der Waals surface area (Å²) < 4.78 is 0. The lowest BCUT2D eigenvalue weighted by molar-refractivity contribution is -0.384. The molecule has 1 saturated carbocycles. The van der Waals surface area contributed by atoms with E-state index < -0.39 is 10.9 Å². The van der Waals surface area contributed by atoms with Crippen LogP contribution in [0.4, 0.5) is 11.5 Å². The maximum atomic E-state index is 11.2. The molecular formula is C14H12N4O4. The standard InChI is InChI=1S/C14H12N4O4/c19-14(20)11-7-15-12(17-13(11)16-9-4-5-9)8-2-1-3-10(6-8)18(21)22/h1-3,6-7,9H,4-5H2,(H,19,20)(H,15,16,17). The second-order valence-electron chi connectivity index (χ2n) is 4.99. The minimum atomic E-state index is -1.12. The fourth-order valence-electron chi connectivity index (χ4n) is 1.97. The third-order valence-electron chi connectivity index (χ3n) is 3.25. The Morgan fingerprint density at radius 1 is 1.41 bits per heavy atom. The second kappa shape index (κ2) is 5.40. The molecule has 0 aliphatic heterocycles. The average Bonchev–Trinajstić information content (AvgIpc) is 3.31. The largest absolute Gasteiger partial charge is 0.477 e. The molecule has 3 rings (SSSR count). The summed E-state index contributed by atoms with van der Waals surface area (Å²) in [5, 5.41) is 23.0. The number of rotatable bonds is 5. The number of carbonyl (C=O) groups is 1. The highest BCUT2D eigenvalue weighted by Crippen LogP contribution is 2.27. The summed E-state index contributed by atoms with van der Waals surface area (Å²) in [5.41, 5.74) is 0.381. The zero-order valence-corrected chi connectivity index (χ0v) is 11.4. The van der Waals surface area contributed by atoms with Gasteiger partial charge in [0.2, 0.25) is 0 Å². The van der Waals surface area contributed by atoms with Gasteiger partial charge >= 0.3 is 5.97 Å². The van der Waals surface area contributed by atoms with Crippen molar-refractivity contribution in [3.05, 3.63) is 46.1 Å². The van der Waals surface area contributed by atoms with E-state index in [4.69, 9.17) is 5.11 Å². The summed E-state index contributed by atoms with van der Waals surface area (Å²) in [5.74, 6) is -0.628.